The number of fused-ring (bicyclic) bond motifs is 1. The molecule has 2 aliphatic heterocycles. The van der Waals surface area contributed by atoms with Crippen LogP contribution in [0.5, 0.6) is 0 Å². The van der Waals surface area contributed by atoms with E-state index >= 15 is 0 Å². The lowest BCUT2D eigenvalue weighted by molar-refractivity contribution is -0.358. The van der Waals surface area contributed by atoms with Crippen LogP contribution in [-0.2, 0) is 28.5 Å². The number of methoxy groups -OCH3 is 1. The zero-order valence-electron chi connectivity index (χ0n) is 13.0. The van der Waals surface area contributed by atoms with Crippen molar-refractivity contribution < 1.29 is 33.6 Å². The third-order valence-corrected chi connectivity index (χ3v) is 3.91. The summed E-state index contributed by atoms with van der Waals surface area (Å²) in [4.78, 5) is 11.4. The van der Waals surface area contributed by atoms with Crippen molar-refractivity contribution >= 4 is 5.97 Å². The van der Waals surface area contributed by atoms with E-state index < -0.39 is 43.0 Å². The average Bonchev–Trinajstić information content (AvgIpc) is 2.57. The Labute approximate surface area is 134 Å². The molecule has 0 radical (unpaired) electrons. The first-order chi connectivity index (χ1) is 11.1. The zero-order valence-corrected chi connectivity index (χ0v) is 13.0. The molecule has 3 rings (SSSR count). The lowest BCUT2D eigenvalue weighted by Gasteiger charge is -2.46. The molecule has 2 saturated heterocycles. The summed E-state index contributed by atoms with van der Waals surface area (Å²) in [5.41, 5.74) is 0.843. The molecule has 0 saturated carbocycles. The summed E-state index contributed by atoms with van der Waals surface area (Å²) < 4.78 is 27.6. The number of esters is 1. The highest BCUT2D eigenvalue weighted by atomic mass is 16.8. The first-order valence-corrected chi connectivity index (χ1v) is 7.45. The molecule has 1 aromatic rings. The van der Waals surface area contributed by atoms with Gasteiger partial charge in [0.05, 0.1) is 6.61 Å². The van der Waals surface area contributed by atoms with Gasteiger partial charge < -0.3 is 28.8 Å². The van der Waals surface area contributed by atoms with Crippen LogP contribution in [0.2, 0.25) is 0 Å². The van der Waals surface area contributed by atoms with E-state index in [1.165, 1.54) is 14.0 Å². The van der Waals surface area contributed by atoms with Crippen LogP contribution in [0, 0.1) is 0 Å². The number of benzene rings is 1. The Bertz CT molecular complexity index is 534. The monoisotopic (exact) mass is 324 g/mol. The van der Waals surface area contributed by atoms with Gasteiger partial charge in [0.25, 0.3) is 0 Å². The topological polar surface area (TPSA) is 83.5 Å². The third kappa shape index (κ3) is 3.39. The van der Waals surface area contributed by atoms with E-state index in [0.29, 0.717) is 0 Å². The molecular formula is C16H20O7. The summed E-state index contributed by atoms with van der Waals surface area (Å²) in [5.74, 6) is -0.504. The fourth-order valence-electron chi connectivity index (χ4n) is 2.86. The van der Waals surface area contributed by atoms with Crippen LogP contribution < -0.4 is 0 Å². The van der Waals surface area contributed by atoms with Gasteiger partial charge in [0, 0.05) is 19.6 Å². The van der Waals surface area contributed by atoms with E-state index in [1.807, 2.05) is 30.3 Å². The lowest BCUT2D eigenvalue weighted by Crippen LogP contribution is -2.63. The molecule has 0 bridgehead atoms. The second-order valence-corrected chi connectivity index (χ2v) is 5.52. The van der Waals surface area contributed by atoms with Crippen molar-refractivity contribution in [1.82, 2.24) is 0 Å². The van der Waals surface area contributed by atoms with Crippen molar-refractivity contribution in [3.63, 3.8) is 0 Å². The molecule has 2 heterocycles. The summed E-state index contributed by atoms with van der Waals surface area (Å²) in [6.07, 6.45) is -4.66. The molecule has 1 N–H and O–H groups in total. The van der Waals surface area contributed by atoms with Crippen molar-refractivity contribution in [2.75, 3.05) is 13.7 Å². The maximum Gasteiger partial charge on any atom is 0.303 e. The third-order valence-electron chi connectivity index (χ3n) is 3.91. The molecule has 0 aliphatic carbocycles. The van der Waals surface area contributed by atoms with Gasteiger partial charge in [0.1, 0.15) is 18.3 Å². The molecule has 2 aliphatic rings. The minimum absolute atomic E-state index is 0.245. The zero-order chi connectivity index (χ0) is 16.4. The maximum atomic E-state index is 11.4. The van der Waals surface area contributed by atoms with E-state index in [9.17, 15) is 9.90 Å². The Morgan fingerprint density at radius 2 is 2.00 bits per heavy atom. The number of hydrogen-bond donors (Lipinski definition) is 1. The molecule has 23 heavy (non-hydrogen) atoms. The SMILES string of the molecule is COC1OC2COC(c3ccccc3)OC2C(OC(C)=O)C1O. The molecule has 7 nitrogen and oxygen atoms in total. The minimum Gasteiger partial charge on any atom is -0.457 e. The van der Waals surface area contributed by atoms with Gasteiger partial charge in [-0.15, -0.1) is 0 Å². The van der Waals surface area contributed by atoms with E-state index in [4.69, 9.17) is 23.7 Å². The Balaban J connectivity index is 1.80. The largest absolute Gasteiger partial charge is 0.457 e. The molecule has 1 aromatic carbocycles. The second kappa shape index (κ2) is 6.94. The maximum absolute atomic E-state index is 11.4. The fourth-order valence-corrected chi connectivity index (χ4v) is 2.86. The fraction of sp³-hybridized carbons (Fsp3) is 0.562. The summed E-state index contributed by atoms with van der Waals surface area (Å²) in [5, 5.41) is 10.3. The number of hydrogen-bond acceptors (Lipinski definition) is 7. The first-order valence-electron chi connectivity index (χ1n) is 7.45. The predicted molar refractivity (Wildman–Crippen MR) is 77.2 cm³/mol. The van der Waals surface area contributed by atoms with Crippen LogP contribution in [0.3, 0.4) is 0 Å². The normalized spacial score (nSPS) is 37.0. The smallest absolute Gasteiger partial charge is 0.303 e. The van der Waals surface area contributed by atoms with Gasteiger partial charge in [-0.3, -0.25) is 4.79 Å². The summed E-state index contributed by atoms with van der Waals surface area (Å²) in [7, 11) is 1.41. The molecule has 6 unspecified atom stereocenters. The summed E-state index contributed by atoms with van der Waals surface area (Å²) >= 11 is 0. The van der Waals surface area contributed by atoms with Crippen molar-refractivity contribution in [2.24, 2.45) is 0 Å². The number of ether oxygens (including phenoxy) is 5. The molecule has 7 heteroatoms. The van der Waals surface area contributed by atoms with Gasteiger partial charge in [0.15, 0.2) is 18.7 Å². The number of carbonyl (C=O) groups is 1. The van der Waals surface area contributed by atoms with Crippen LogP contribution in [0.4, 0.5) is 0 Å². The average molecular weight is 324 g/mol. The molecule has 2 fully saturated rings. The van der Waals surface area contributed by atoms with Crippen LogP contribution in [0.15, 0.2) is 30.3 Å². The van der Waals surface area contributed by atoms with E-state index in [0.717, 1.165) is 5.56 Å². The van der Waals surface area contributed by atoms with E-state index in [1.54, 1.807) is 0 Å². The van der Waals surface area contributed by atoms with Gasteiger partial charge >= 0.3 is 5.97 Å². The van der Waals surface area contributed by atoms with Gasteiger partial charge in [-0.2, -0.15) is 0 Å². The molecule has 126 valence electrons. The molecule has 0 amide bonds. The van der Waals surface area contributed by atoms with Crippen LogP contribution in [0.1, 0.15) is 18.8 Å². The van der Waals surface area contributed by atoms with Crippen molar-refractivity contribution in [3.05, 3.63) is 35.9 Å². The second-order valence-electron chi connectivity index (χ2n) is 5.52. The van der Waals surface area contributed by atoms with Gasteiger partial charge in [-0.1, -0.05) is 30.3 Å². The Hall–Kier alpha value is -1.51. The number of rotatable bonds is 3. The number of aliphatic hydroxyl groups is 1. The Morgan fingerprint density at radius 3 is 2.65 bits per heavy atom. The van der Waals surface area contributed by atoms with Gasteiger partial charge in [0.2, 0.25) is 0 Å². The minimum atomic E-state index is -1.14. The van der Waals surface area contributed by atoms with E-state index in [-0.39, 0.29) is 6.61 Å². The highest BCUT2D eigenvalue weighted by Crippen LogP contribution is 2.35. The quantitative estimate of drug-likeness (QED) is 0.822. The van der Waals surface area contributed by atoms with E-state index in [2.05, 4.69) is 0 Å². The van der Waals surface area contributed by atoms with Crippen LogP contribution in [0.25, 0.3) is 0 Å². The Morgan fingerprint density at radius 1 is 1.26 bits per heavy atom. The van der Waals surface area contributed by atoms with Crippen molar-refractivity contribution in [2.45, 2.75) is 43.9 Å². The summed E-state index contributed by atoms with van der Waals surface area (Å²) in [6, 6.07) is 9.41. The first kappa shape index (κ1) is 16.4. The van der Waals surface area contributed by atoms with Crippen LogP contribution >= 0.6 is 0 Å². The molecular weight excluding hydrogens is 304 g/mol. The standard InChI is InChI=1S/C16H20O7/c1-9(17)21-14-12(18)16(19-2)22-11-8-20-15(23-13(11)14)10-6-4-3-5-7-10/h3-7,11-16,18H,8H2,1-2H3. The van der Waals surface area contributed by atoms with Gasteiger partial charge in [-0.05, 0) is 0 Å². The highest BCUT2D eigenvalue weighted by Gasteiger charge is 2.51. The Kier molecular flexibility index (Phi) is 4.93. The molecule has 0 aromatic heterocycles. The van der Waals surface area contributed by atoms with Crippen LogP contribution in [-0.4, -0.2) is 55.5 Å². The van der Waals surface area contributed by atoms with Crippen molar-refractivity contribution in [1.29, 1.82) is 0 Å². The van der Waals surface area contributed by atoms with Crippen molar-refractivity contribution in [3.8, 4) is 0 Å². The number of aliphatic hydroxyl groups excluding tert-OH is 1. The predicted octanol–water partition coefficient (Wildman–Crippen LogP) is 0.764. The molecule has 6 atom stereocenters. The summed E-state index contributed by atoms with van der Waals surface area (Å²) in [6.45, 7) is 1.53. The molecule has 0 spiro atoms. The lowest BCUT2D eigenvalue weighted by atomic mass is 9.97. The highest BCUT2D eigenvalue weighted by molar-refractivity contribution is 5.66. The van der Waals surface area contributed by atoms with Gasteiger partial charge in [-0.25, -0.2) is 0 Å². The number of carbonyl (C=O) groups excluding carboxylic acids is 1.